The molecule has 0 aromatic carbocycles. The van der Waals surface area contributed by atoms with Gasteiger partial charge in [0.15, 0.2) is 0 Å². The minimum absolute atomic E-state index is 0.0112. The molecule has 1 N–H and O–H groups in total. The molecule has 5 heteroatoms. The second-order valence-corrected chi connectivity index (χ2v) is 3.76. The van der Waals surface area contributed by atoms with Crippen LogP contribution in [0.2, 0.25) is 0 Å². The molecule has 0 aromatic rings. The highest BCUT2D eigenvalue weighted by Crippen LogP contribution is 2.07. The Morgan fingerprint density at radius 3 is 3.00 bits per heavy atom. The number of ether oxygens (including phenoxy) is 1. The fourth-order valence-corrected chi connectivity index (χ4v) is 1.59. The van der Waals surface area contributed by atoms with E-state index in [9.17, 15) is 9.59 Å². The summed E-state index contributed by atoms with van der Waals surface area (Å²) in [5, 5.41) is 2.76. The first-order valence-corrected chi connectivity index (χ1v) is 5.43. The minimum atomic E-state index is -0.388. The Hall–Kier alpha value is -1.36. The quantitative estimate of drug-likeness (QED) is 0.538. The monoisotopic (exact) mass is 226 g/mol. The summed E-state index contributed by atoms with van der Waals surface area (Å²) in [7, 11) is 0. The summed E-state index contributed by atoms with van der Waals surface area (Å²) in [4.78, 5) is 24.7. The van der Waals surface area contributed by atoms with Gasteiger partial charge in [-0.25, -0.2) is 4.79 Å². The molecule has 1 heterocycles. The van der Waals surface area contributed by atoms with E-state index in [1.807, 2.05) is 11.8 Å². The topological polar surface area (TPSA) is 58.6 Å². The highest BCUT2D eigenvalue weighted by molar-refractivity contribution is 5.88. The van der Waals surface area contributed by atoms with Crippen LogP contribution in [0.3, 0.4) is 0 Å². The van der Waals surface area contributed by atoms with E-state index >= 15 is 0 Å². The first kappa shape index (κ1) is 12.7. The molecule has 1 amide bonds. The Labute approximate surface area is 95.4 Å². The summed E-state index contributed by atoms with van der Waals surface area (Å²) in [6, 6.07) is -0.222. The lowest BCUT2D eigenvalue weighted by molar-refractivity contribution is -0.139. The second-order valence-electron chi connectivity index (χ2n) is 3.76. The van der Waals surface area contributed by atoms with Crippen LogP contribution in [0.1, 0.15) is 13.8 Å². The van der Waals surface area contributed by atoms with E-state index in [0.29, 0.717) is 25.3 Å². The Morgan fingerprint density at radius 1 is 1.69 bits per heavy atom. The van der Waals surface area contributed by atoms with Crippen molar-refractivity contribution in [1.29, 1.82) is 0 Å². The number of nitrogens with one attached hydrogen (secondary N) is 1. The molecule has 0 saturated carbocycles. The summed E-state index contributed by atoms with van der Waals surface area (Å²) in [5.74, 6) is -0.399. The summed E-state index contributed by atoms with van der Waals surface area (Å²) in [6.45, 7) is 9.30. The fourth-order valence-electron chi connectivity index (χ4n) is 1.59. The largest absolute Gasteiger partial charge is 0.463 e. The van der Waals surface area contributed by atoms with Crippen molar-refractivity contribution in [2.75, 3.05) is 26.2 Å². The fraction of sp³-hybridized carbons (Fsp3) is 0.636. The lowest BCUT2D eigenvalue weighted by atomic mass is 10.1. The molecule has 1 fully saturated rings. The van der Waals surface area contributed by atoms with E-state index in [4.69, 9.17) is 4.74 Å². The maximum absolute atomic E-state index is 11.4. The van der Waals surface area contributed by atoms with Crippen molar-refractivity contribution in [2.45, 2.75) is 19.9 Å². The Bertz CT molecular complexity index is 302. The summed E-state index contributed by atoms with van der Waals surface area (Å²) < 4.78 is 4.84. The van der Waals surface area contributed by atoms with Gasteiger partial charge in [0.25, 0.3) is 0 Å². The van der Waals surface area contributed by atoms with E-state index in [0.717, 1.165) is 6.54 Å². The van der Waals surface area contributed by atoms with Crippen molar-refractivity contribution < 1.29 is 14.3 Å². The zero-order valence-corrected chi connectivity index (χ0v) is 9.78. The molecule has 0 bridgehead atoms. The highest BCUT2D eigenvalue weighted by Gasteiger charge is 2.26. The van der Waals surface area contributed by atoms with Crippen LogP contribution in [-0.4, -0.2) is 49.1 Å². The molecular weight excluding hydrogens is 208 g/mol. The van der Waals surface area contributed by atoms with Crippen LogP contribution in [0, 0.1) is 0 Å². The Balaban J connectivity index is 2.50. The van der Waals surface area contributed by atoms with Crippen LogP contribution in [-0.2, 0) is 14.3 Å². The molecule has 0 aliphatic carbocycles. The zero-order valence-electron chi connectivity index (χ0n) is 9.78. The van der Waals surface area contributed by atoms with Gasteiger partial charge in [0.2, 0.25) is 5.91 Å². The van der Waals surface area contributed by atoms with Gasteiger partial charge in [-0.05, 0) is 13.8 Å². The number of esters is 1. The highest BCUT2D eigenvalue weighted by atomic mass is 16.5. The predicted molar refractivity (Wildman–Crippen MR) is 59.8 cm³/mol. The van der Waals surface area contributed by atoms with E-state index in [1.54, 1.807) is 6.92 Å². The molecule has 16 heavy (non-hydrogen) atoms. The van der Waals surface area contributed by atoms with Gasteiger partial charge in [-0.3, -0.25) is 9.69 Å². The molecular formula is C11H18N2O3. The van der Waals surface area contributed by atoms with Gasteiger partial charge in [-0.1, -0.05) is 6.58 Å². The smallest absolute Gasteiger partial charge is 0.334 e. The third-order valence-electron chi connectivity index (χ3n) is 2.58. The van der Waals surface area contributed by atoms with Crippen LogP contribution in [0.15, 0.2) is 12.2 Å². The molecule has 1 aliphatic rings. The Kier molecular flexibility index (Phi) is 4.49. The molecule has 0 radical (unpaired) electrons. The molecule has 0 aromatic heterocycles. The molecule has 1 rings (SSSR count). The maximum Gasteiger partial charge on any atom is 0.334 e. The van der Waals surface area contributed by atoms with Gasteiger partial charge in [0.1, 0.15) is 0 Å². The SMILES string of the molecule is C=C(CN1CCNC(=O)C1C)C(=O)OCC. The molecule has 5 nitrogen and oxygen atoms in total. The van der Waals surface area contributed by atoms with Crippen LogP contribution < -0.4 is 5.32 Å². The lowest BCUT2D eigenvalue weighted by Gasteiger charge is -2.32. The van der Waals surface area contributed by atoms with Gasteiger partial charge >= 0.3 is 5.97 Å². The molecule has 90 valence electrons. The van der Waals surface area contributed by atoms with Crippen LogP contribution in [0.4, 0.5) is 0 Å². The summed E-state index contributed by atoms with van der Waals surface area (Å²) in [6.07, 6.45) is 0. The summed E-state index contributed by atoms with van der Waals surface area (Å²) >= 11 is 0. The number of hydrogen-bond donors (Lipinski definition) is 1. The lowest BCUT2D eigenvalue weighted by Crippen LogP contribution is -2.54. The first-order valence-electron chi connectivity index (χ1n) is 5.43. The van der Waals surface area contributed by atoms with E-state index in [-0.39, 0.29) is 17.9 Å². The van der Waals surface area contributed by atoms with Gasteiger partial charge in [0.05, 0.1) is 12.6 Å². The molecule has 1 atom stereocenters. The number of nitrogens with zero attached hydrogens (tertiary/aromatic N) is 1. The first-order chi connectivity index (χ1) is 7.56. The minimum Gasteiger partial charge on any atom is -0.463 e. The number of rotatable bonds is 4. The number of piperazine rings is 1. The van der Waals surface area contributed by atoms with Crippen molar-refractivity contribution in [1.82, 2.24) is 10.2 Å². The van der Waals surface area contributed by atoms with Gasteiger partial charge < -0.3 is 10.1 Å². The number of carbonyl (C=O) groups is 2. The molecule has 1 aliphatic heterocycles. The van der Waals surface area contributed by atoms with Crippen LogP contribution in [0.25, 0.3) is 0 Å². The second kappa shape index (κ2) is 5.65. The molecule has 1 saturated heterocycles. The normalized spacial score (nSPS) is 21.4. The third-order valence-corrected chi connectivity index (χ3v) is 2.58. The van der Waals surface area contributed by atoms with Crippen molar-refractivity contribution in [3.63, 3.8) is 0 Å². The third kappa shape index (κ3) is 3.06. The Morgan fingerprint density at radius 2 is 2.38 bits per heavy atom. The van der Waals surface area contributed by atoms with E-state index < -0.39 is 0 Å². The van der Waals surface area contributed by atoms with Gasteiger partial charge in [0, 0.05) is 25.2 Å². The van der Waals surface area contributed by atoms with Gasteiger partial charge in [-0.2, -0.15) is 0 Å². The molecule has 1 unspecified atom stereocenters. The number of hydrogen-bond acceptors (Lipinski definition) is 4. The number of amides is 1. The standard InChI is InChI=1S/C11H18N2O3/c1-4-16-11(15)8(2)7-13-6-5-12-10(14)9(13)3/h9H,2,4-7H2,1,3H3,(H,12,14). The molecule has 0 spiro atoms. The maximum atomic E-state index is 11.4. The van der Waals surface area contributed by atoms with Crippen molar-refractivity contribution in [2.24, 2.45) is 0 Å². The predicted octanol–water partition coefficient (Wildman–Crippen LogP) is -0.0740. The number of carbonyl (C=O) groups excluding carboxylic acids is 2. The average Bonchev–Trinajstić information content (AvgIpc) is 2.25. The van der Waals surface area contributed by atoms with Crippen molar-refractivity contribution in [3.8, 4) is 0 Å². The zero-order chi connectivity index (χ0) is 12.1. The van der Waals surface area contributed by atoms with E-state index in [1.165, 1.54) is 0 Å². The van der Waals surface area contributed by atoms with E-state index in [2.05, 4.69) is 11.9 Å². The van der Waals surface area contributed by atoms with Crippen LogP contribution >= 0.6 is 0 Å². The summed E-state index contributed by atoms with van der Waals surface area (Å²) in [5.41, 5.74) is 0.392. The van der Waals surface area contributed by atoms with Crippen molar-refractivity contribution >= 4 is 11.9 Å². The van der Waals surface area contributed by atoms with Crippen LogP contribution in [0.5, 0.6) is 0 Å². The average molecular weight is 226 g/mol. The van der Waals surface area contributed by atoms with Gasteiger partial charge in [-0.15, -0.1) is 0 Å². The van der Waals surface area contributed by atoms with Crippen molar-refractivity contribution in [3.05, 3.63) is 12.2 Å².